The predicted molar refractivity (Wildman–Crippen MR) is 103 cm³/mol. The van der Waals surface area contributed by atoms with Crippen molar-refractivity contribution in [3.05, 3.63) is 35.4 Å². The molecule has 0 aliphatic rings. The van der Waals surface area contributed by atoms with Crippen molar-refractivity contribution in [1.82, 2.24) is 4.37 Å². The first-order valence-electron chi connectivity index (χ1n) is 7.10. The lowest BCUT2D eigenvalue weighted by atomic mass is 10.2. The normalized spacial score (nSPS) is 11.2. The smallest absolute Gasteiger partial charge is 0.370 e. The number of ether oxygens (including phenoxy) is 1. The van der Waals surface area contributed by atoms with Crippen molar-refractivity contribution in [3.63, 3.8) is 0 Å². The Morgan fingerprint density at radius 1 is 1.19 bits per heavy atom. The maximum absolute atomic E-state index is 12.3. The van der Waals surface area contributed by atoms with Gasteiger partial charge in [-0.05, 0) is 48.3 Å². The molecule has 0 fully saturated rings. The average Bonchev–Trinajstić information content (AvgIpc) is 3.07. The summed E-state index contributed by atoms with van der Waals surface area (Å²) in [7, 11) is 0. The van der Waals surface area contributed by atoms with Crippen LogP contribution in [-0.4, -0.2) is 41.2 Å². The van der Waals surface area contributed by atoms with Crippen molar-refractivity contribution in [3.8, 4) is 5.75 Å². The summed E-state index contributed by atoms with van der Waals surface area (Å²) in [6.07, 6.45) is 3.68. The van der Waals surface area contributed by atoms with E-state index < -0.39 is 11.9 Å². The zero-order chi connectivity index (χ0) is 19.1. The lowest BCUT2D eigenvalue weighted by Crippen LogP contribution is -2.20. The number of rotatable bonds is 8. The fourth-order valence-electron chi connectivity index (χ4n) is 1.78. The molecule has 11 heteroatoms. The summed E-state index contributed by atoms with van der Waals surface area (Å²) in [6.45, 7) is -0.218. The van der Waals surface area contributed by atoms with Crippen LogP contribution in [0.4, 0.5) is 0 Å². The number of benzene rings is 1. The Morgan fingerprint density at radius 2 is 1.88 bits per heavy atom. The molecule has 0 bridgehead atoms. The van der Waals surface area contributed by atoms with Crippen LogP contribution in [0, 0.1) is 0 Å². The van der Waals surface area contributed by atoms with E-state index in [1.165, 1.54) is 35.1 Å². The Morgan fingerprint density at radius 3 is 2.46 bits per heavy atom. The zero-order valence-electron chi connectivity index (χ0n) is 13.9. The highest BCUT2D eigenvalue weighted by atomic mass is 32.2. The van der Waals surface area contributed by atoms with Gasteiger partial charge in [0.05, 0.1) is 4.21 Å². The van der Waals surface area contributed by atoms with E-state index >= 15 is 0 Å². The number of hydrogen-bond acceptors (Lipinski definition) is 9. The summed E-state index contributed by atoms with van der Waals surface area (Å²) in [4.78, 5) is 28.0. The van der Waals surface area contributed by atoms with Crippen LogP contribution >= 0.6 is 35.1 Å². The van der Waals surface area contributed by atoms with Gasteiger partial charge >= 0.3 is 5.97 Å². The Labute approximate surface area is 162 Å². The summed E-state index contributed by atoms with van der Waals surface area (Å²) in [5.74, 6) is -0.702. The third-order valence-corrected chi connectivity index (χ3v) is 5.71. The number of amidine groups is 1. The molecule has 26 heavy (non-hydrogen) atoms. The molecule has 8 nitrogen and oxygen atoms in total. The van der Waals surface area contributed by atoms with E-state index in [-0.39, 0.29) is 12.4 Å². The molecule has 1 aromatic carbocycles. The molecular weight excluding hydrogens is 396 g/mol. The molecule has 0 aliphatic carbocycles. The second-order valence-corrected chi connectivity index (χ2v) is 7.34. The molecule has 138 valence electrons. The van der Waals surface area contributed by atoms with Crippen LogP contribution in [-0.2, 0) is 9.63 Å². The van der Waals surface area contributed by atoms with Gasteiger partial charge in [-0.25, -0.2) is 4.79 Å². The second-order valence-electron chi connectivity index (χ2n) is 4.69. The van der Waals surface area contributed by atoms with Crippen LogP contribution in [0.15, 0.2) is 38.7 Å². The molecule has 0 saturated carbocycles. The van der Waals surface area contributed by atoms with Gasteiger partial charge in [-0.2, -0.15) is 4.37 Å². The first-order valence-corrected chi connectivity index (χ1v) is 10.3. The standard InChI is InChI=1S/C15H16N4O4S3/c1-24-13-11(15(25-2)26-19-13)14(21)23-18-12(17)8-3-5-9(6-4-8)22-7-10(16)20/h3-6H,7H2,1-2H3,(H2,16,20)(H2,17,18). The molecule has 0 spiro atoms. The van der Waals surface area contributed by atoms with Crippen LogP contribution in [0.1, 0.15) is 15.9 Å². The third kappa shape index (κ3) is 5.13. The number of carbonyl (C=O) groups excluding carboxylic acids is 2. The Kier molecular flexibility index (Phi) is 7.30. The third-order valence-electron chi connectivity index (χ3n) is 2.97. The van der Waals surface area contributed by atoms with Gasteiger partial charge in [-0.3, -0.25) is 4.79 Å². The molecule has 0 saturated heterocycles. The maximum Gasteiger partial charge on any atom is 0.370 e. The van der Waals surface area contributed by atoms with Gasteiger partial charge in [0.1, 0.15) is 16.3 Å². The number of thioether (sulfide) groups is 2. The number of aromatic nitrogens is 1. The summed E-state index contributed by atoms with van der Waals surface area (Å²) in [6, 6.07) is 6.44. The minimum atomic E-state index is -0.614. The van der Waals surface area contributed by atoms with Crippen molar-refractivity contribution >= 4 is 52.8 Å². The highest BCUT2D eigenvalue weighted by molar-refractivity contribution is 8.01. The van der Waals surface area contributed by atoms with Crippen molar-refractivity contribution in [2.75, 3.05) is 19.1 Å². The first-order chi connectivity index (χ1) is 12.5. The van der Waals surface area contributed by atoms with E-state index in [1.807, 2.05) is 12.5 Å². The molecule has 0 aliphatic heterocycles. The largest absolute Gasteiger partial charge is 0.484 e. The van der Waals surface area contributed by atoms with E-state index in [9.17, 15) is 9.59 Å². The lowest BCUT2D eigenvalue weighted by molar-refractivity contribution is -0.119. The van der Waals surface area contributed by atoms with Crippen LogP contribution < -0.4 is 16.2 Å². The Hall–Kier alpha value is -2.24. The monoisotopic (exact) mass is 412 g/mol. The van der Waals surface area contributed by atoms with Gasteiger partial charge in [0.2, 0.25) is 0 Å². The van der Waals surface area contributed by atoms with E-state index in [2.05, 4.69) is 9.53 Å². The molecule has 0 atom stereocenters. The minimum Gasteiger partial charge on any atom is -0.484 e. The fourth-order valence-corrected chi connectivity index (χ4v) is 4.03. The summed E-state index contributed by atoms with van der Waals surface area (Å²) in [5, 5.41) is 4.29. The van der Waals surface area contributed by atoms with Gasteiger partial charge in [-0.1, -0.05) is 5.16 Å². The van der Waals surface area contributed by atoms with E-state index in [4.69, 9.17) is 21.0 Å². The van der Waals surface area contributed by atoms with Crippen LogP contribution in [0.3, 0.4) is 0 Å². The van der Waals surface area contributed by atoms with Crippen molar-refractivity contribution in [2.24, 2.45) is 16.6 Å². The molecule has 2 aromatic rings. The fraction of sp³-hybridized carbons (Fsp3) is 0.200. The predicted octanol–water partition coefficient (Wildman–Crippen LogP) is 1.93. The minimum absolute atomic E-state index is 0.0272. The van der Waals surface area contributed by atoms with Crippen LogP contribution in [0.5, 0.6) is 5.75 Å². The quantitative estimate of drug-likeness (QED) is 0.221. The van der Waals surface area contributed by atoms with Gasteiger partial charge in [0.15, 0.2) is 12.4 Å². The van der Waals surface area contributed by atoms with Crippen molar-refractivity contribution in [1.29, 1.82) is 0 Å². The van der Waals surface area contributed by atoms with Gasteiger partial charge in [0, 0.05) is 5.56 Å². The number of amides is 1. The van der Waals surface area contributed by atoms with Crippen molar-refractivity contribution < 1.29 is 19.2 Å². The average molecular weight is 413 g/mol. The molecular formula is C15H16N4O4S3. The summed E-state index contributed by atoms with van der Waals surface area (Å²) in [5.41, 5.74) is 11.8. The molecule has 2 rings (SSSR count). The number of carbonyl (C=O) groups is 2. The molecule has 4 N–H and O–H groups in total. The highest BCUT2D eigenvalue weighted by Crippen LogP contribution is 2.33. The topological polar surface area (TPSA) is 130 Å². The highest BCUT2D eigenvalue weighted by Gasteiger charge is 2.22. The molecule has 0 unspecified atom stereocenters. The number of nitrogens with zero attached hydrogens (tertiary/aromatic N) is 2. The summed E-state index contributed by atoms with van der Waals surface area (Å²) < 4.78 is 10.1. The van der Waals surface area contributed by atoms with Gasteiger partial charge in [0.25, 0.3) is 5.91 Å². The van der Waals surface area contributed by atoms with E-state index in [0.717, 1.165) is 4.21 Å². The van der Waals surface area contributed by atoms with Gasteiger partial charge in [-0.15, -0.1) is 23.5 Å². The maximum atomic E-state index is 12.3. The molecule has 0 radical (unpaired) electrons. The van der Waals surface area contributed by atoms with E-state index in [0.29, 0.717) is 21.9 Å². The second kappa shape index (κ2) is 9.46. The zero-order valence-corrected chi connectivity index (χ0v) is 16.4. The Bertz CT molecular complexity index is 799. The number of hydrogen-bond donors (Lipinski definition) is 2. The van der Waals surface area contributed by atoms with Crippen LogP contribution in [0.25, 0.3) is 0 Å². The molecule has 1 aromatic heterocycles. The number of nitrogens with two attached hydrogens (primary N) is 2. The molecule has 1 amide bonds. The van der Waals surface area contributed by atoms with Crippen molar-refractivity contribution in [2.45, 2.75) is 9.24 Å². The van der Waals surface area contributed by atoms with Crippen LogP contribution in [0.2, 0.25) is 0 Å². The van der Waals surface area contributed by atoms with E-state index in [1.54, 1.807) is 24.3 Å². The summed E-state index contributed by atoms with van der Waals surface area (Å²) >= 11 is 4.00. The first kappa shape index (κ1) is 20.1. The van der Waals surface area contributed by atoms with Gasteiger partial charge < -0.3 is 21.0 Å². The molecule has 1 heterocycles. The number of oxime groups is 1. The number of primary amides is 1. The SMILES string of the molecule is CSc1nsc(SC)c1C(=O)O/N=C(\N)c1ccc(OCC(N)=O)cc1. The lowest BCUT2D eigenvalue weighted by Gasteiger charge is -2.05. The Balaban J connectivity index is 2.07.